The Morgan fingerprint density at radius 1 is 1.29 bits per heavy atom. The minimum atomic E-state index is -0.895. The van der Waals surface area contributed by atoms with E-state index >= 15 is 0 Å². The molecule has 3 rings (SSSR count). The van der Waals surface area contributed by atoms with Crippen LogP contribution in [-0.2, 0) is 11.3 Å². The van der Waals surface area contributed by atoms with Gasteiger partial charge >= 0.3 is 0 Å². The number of anilines is 2. The van der Waals surface area contributed by atoms with Crippen LogP contribution in [0.15, 0.2) is 24.5 Å². The first-order valence-electron chi connectivity index (χ1n) is 11.3. The third-order valence-corrected chi connectivity index (χ3v) is 5.64. The van der Waals surface area contributed by atoms with Gasteiger partial charge in [0.2, 0.25) is 5.91 Å². The predicted molar refractivity (Wildman–Crippen MR) is 122 cm³/mol. The molecule has 0 aliphatic heterocycles. The van der Waals surface area contributed by atoms with E-state index in [0.717, 1.165) is 18.5 Å². The highest BCUT2D eigenvalue weighted by molar-refractivity contribution is 5.93. The number of aromatic hydroxyl groups is 1. The highest BCUT2D eigenvalue weighted by atomic mass is 16.3. The molecular formula is C23H37N5O3. The van der Waals surface area contributed by atoms with Crippen molar-refractivity contribution in [1.82, 2.24) is 14.3 Å². The standard InChI is InChI=1S/C23H37N5O3/c1-16(2)24-18-13-21(29)28(14-18)19(12-17-8-6-5-7-9-17)22(30)25-20-10-11-27(26-20)15-23(3,4)31/h10-11,13-14,16-17,19,24,29,31H,5-9,12,15H2,1-4H3,(H,25,26,30)/t19-/m0/s1. The summed E-state index contributed by atoms with van der Waals surface area (Å²) in [4.78, 5) is 13.3. The number of aliphatic hydroxyl groups is 1. The van der Waals surface area contributed by atoms with Crippen molar-refractivity contribution in [2.75, 3.05) is 10.6 Å². The fraction of sp³-hybridized carbons (Fsp3) is 0.652. The van der Waals surface area contributed by atoms with Crippen molar-refractivity contribution in [2.24, 2.45) is 5.92 Å². The number of hydrogen-bond acceptors (Lipinski definition) is 5. The second-order valence-electron chi connectivity index (χ2n) is 9.75. The van der Waals surface area contributed by atoms with E-state index in [-0.39, 0.29) is 17.8 Å². The van der Waals surface area contributed by atoms with Crippen LogP contribution in [0.2, 0.25) is 0 Å². The summed E-state index contributed by atoms with van der Waals surface area (Å²) in [5.74, 6) is 0.781. The Bertz CT molecular complexity index is 859. The lowest BCUT2D eigenvalue weighted by atomic mass is 9.84. The summed E-state index contributed by atoms with van der Waals surface area (Å²) in [5, 5.41) is 31.1. The number of nitrogens with zero attached hydrogens (tertiary/aromatic N) is 3. The molecule has 1 aliphatic rings. The number of carbonyl (C=O) groups excluding carboxylic acids is 1. The molecule has 8 heteroatoms. The van der Waals surface area contributed by atoms with Crippen molar-refractivity contribution < 1.29 is 15.0 Å². The first-order chi connectivity index (χ1) is 14.6. The third-order valence-electron chi connectivity index (χ3n) is 5.64. The van der Waals surface area contributed by atoms with Crippen LogP contribution >= 0.6 is 0 Å². The maximum absolute atomic E-state index is 13.3. The first kappa shape index (κ1) is 23.2. The Kier molecular flexibility index (Phi) is 7.30. The topological polar surface area (TPSA) is 104 Å². The van der Waals surface area contributed by atoms with Gasteiger partial charge in [0, 0.05) is 30.6 Å². The van der Waals surface area contributed by atoms with Gasteiger partial charge in [-0.05, 0) is 40.0 Å². The average Bonchev–Trinajstić information content (AvgIpc) is 3.24. The summed E-state index contributed by atoms with van der Waals surface area (Å²) in [6.45, 7) is 7.82. The van der Waals surface area contributed by atoms with Gasteiger partial charge in [-0.1, -0.05) is 32.1 Å². The number of nitrogens with one attached hydrogen (secondary N) is 2. The summed E-state index contributed by atoms with van der Waals surface area (Å²) in [6.07, 6.45) is 10.1. The molecule has 31 heavy (non-hydrogen) atoms. The molecule has 2 aromatic rings. The molecule has 2 aromatic heterocycles. The van der Waals surface area contributed by atoms with Crippen molar-refractivity contribution >= 4 is 17.4 Å². The summed E-state index contributed by atoms with van der Waals surface area (Å²) in [7, 11) is 0. The Labute approximate surface area is 184 Å². The minimum absolute atomic E-state index is 0.0756. The molecule has 0 spiro atoms. The highest BCUT2D eigenvalue weighted by Gasteiger charge is 2.28. The van der Waals surface area contributed by atoms with E-state index in [1.54, 1.807) is 41.4 Å². The normalized spacial score (nSPS) is 16.5. The SMILES string of the molecule is CC(C)Nc1cc(O)n([C@@H](CC2CCCCC2)C(=O)Nc2ccn(CC(C)(C)O)n2)c1. The Morgan fingerprint density at radius 3 is 2.65 bits per heavy atom. The average molecular weight is 432 g/mol. The summed E-state index contributed by atoms with van der Waals surface area (Å²) in [6, 6.07) is 3.09. The van der Waals surface area contributed by atoms with E-state index in [1.165, 1.54) is 19.3 Å². The predicted octanol–water partition coefficient (Wildman–Crippen LogP) is 4.13. The van der Waals surface area contributed by atoms with Gasteiger partial charge in [0.1, 0.15) is 6.04 Å². The molecule has 0 aromatic carbocycles. The monoisotopic (exact) mass is 431 g/mol. The van der Waals surface area contributed by atoms with Gasteiger partial charge in [-0.2, -0.15) is 5.10 Å². The van der Waals surface area contributed by atoms with Gasteiger partial charge in [0.05, 0.1) is 17.8 Å². The van der Waals surface area contributed by atoms with Crippen molar-refractivity contribution in [3.8, 4) is 5.88 Å². The molecule has 0 radical (unpaired) electrons. The van der Waals surface area contributed by atoms with Gasteiger partial charge in [-0.25, -0.2) is 0 Å². The number of carbonyl (C=O) groups is 1. The first-order valence-corrected chi connectivity index (χ1v) is 11.3. The van der Waals surface area contributed by atoms with Crippen molar-refractivity contribution in [3.63, 3.8) is 0 Å². The second-order valence-corrected chi connectivity index (χ2v) is 9.75. The largest absolute Gasteiger partial charge is 0.494 e. The number of rotatable bonds is 9. The lowest BCUT2D eigenvalue weighted by Gasteiger charge is -2.27. The van der Waals surface area contributed by atoms with Crippen LogP contribution in [0.3, 0.4) is 0 Å². The number of hydrogen-bond donors (Lipinski definition) is 4. The zero-order chi connectivity index (χ0) is 22.6. The molecule has 1 fully saturated rings. The second kappa shape index (κ2) is 9.77. The maximum atomic E-state index is 13.3. The highest BCUT2D eigenvalue weighted by Crippen LogP contribution is 2.34. The molecule has 1 aliphatic carbocycles. The van der Waals surface area contributed by atoms with Crippen molar-refractivity contribution in [1.29, 1.82) is 0 Å². The van der Waals surface area contributed by atoms with Crippen LogP contribution in [0.5, 0.6) is 5.88 Å². The molecule has 4 N–H and O–H groups in total. The zero-order valence-electron chi connectivity index (χ0n) is 19.1. The molecular weight excluding hydrogens is 394 g/mol. The summed E-state index contributed by atoms with van der Waals surface area (Å²) in [5.41, 5.74) is -0.100. The molecule has 0 unspecified atom stereocenters. The smallest absolute Gasteiger partial charge is 0.248 e. The molecule has 8 nitrogen and oxygen atoms in total. The van der Waals surface area contributed by atoms with Gasteiger partial charge < -0.3 is 25.4 Å². The lowest BCUT2D eigenvalue weighted by Crippen LogP contribution is -2.29. The van der Waals surface area contributed by atoms with Crippen LogP contribution < -0.4 is 10.6 Å². The van der Waals surface area contributed by atoms with E-state index < -0.39 is 11.6 Å². The fourth-order valence-corrected chi connectivity index (χ4v) is 4.34. The Morgan fingerprint density at radius 2 is 2.00 bits per heavy atom. The molecule has 0 bridgehead atoms. The van der Waals surface area contributed by atoms with Crippen LogP contribution in [0.1, 0.15) is 72.3 Å². The zero-order valence-corrected chi connectivity index (χ0v) is 19.1. The Hall–Kier alpha value is -2.48. The molecule has 1 amide bonds. The molecule has 2 heterocycles. The fourth-order valence-electron chi connectivity index (χ4n) is 4.34. The lowest BCUT2D eigenvalue weighted by molar-refractivity contribution is -0.120. The third kappa shape index (κ3) is 6.75. The van der Waals surface area contributed by atoms with Gasteiger partial charge in [-0.3, -0.25) is 9.48 Å². The van der Waals surface area contributed by atoms with E-state index in [4.69, 9.17) is 0 Å². The van der Waals surface area contributed by atoms with Gasteiger partial charge in [0.15, 0.2) is 11.7 Å². The molecule has 172 valence electrons. The maximum Gasteiger partial charge on any atom is 0.248 e. The van der Waals surface area contributed by atoms with Crippen LogP contribution in [0.4, 0.5) is 11.5 Å². The number of amides is 1. The Balaban J connectivity index is 1.79. The van der Waals surface area contributed by atoms with Crippen LogP contribution in [0, 0.1) is 5.92 Å². The van der Waals surface area contributed by atoms with E-state index in [1.807, 2.05) is 20.0 Å². The molecule has 0 saturated heterocycles. The van der Waals surface area contributed by atoms with Crippen molar-refractivity contribution in [2.45, 2.75) is 90.4 Å². The quantitative estimate of drug-likeness (QED) is 0.478. The van der Waals surface area contributed by atoms with E-state index in [0.29, 0.717) is 24.7 Å². The number of aromatic nitrogens is 3. The van der Waals surface area contributed by atoms with E-state index in [9.17, 15) is 15.0 Å². The van der Waals surface area contributed by atoms with Crippen LogP contribution in [0.25, 0.3) is 0 Å². The minimum Gasteiger partial charge on any atom is -0.494 e. The van der Waals surface area contributed by atoms with E-state index in [2.05, 4.69) is 15.7 Å². The van der Waals surface area contributed by atoms with Crippen molar-refractivity contribution in [3.05, 3.63) is 24.5 Å². The van der Waals surface area contributed by atoms with Gasteiger partial charge in [-0.15, -0.1) is 0 Å². The van der Waals surface area contributed by atoms with Crippen LogP contribution in [-0.4, -0.2) is 42.1 Å². The van der Waals surface area contributed by atoms with Gasteiger partial charge in [0.25, 0.3) is 0 Å². The summed E-state index contributed by atoms with van der Waals surface area (Å²) < 4.78 is 3.28. The molecule has 1 saturated carbocycles. The summed E-state index contributed by atoms with van der Waals surface area (Å²) >= 11 is 0. The molecule has 1 atom stereocenters.